The van der Waals surface area contributed by atoms with Crippen LogP contribution in [0, 0.1) is 11.8 Å². The Hall–Kier alpha value is -1.71. The van der Waals surface area contributed by atoms with E-state index in [-0.39, 0.29) is 11.7 Å². The molecule has 2 rings (SSSR count). The zero-order valence-corrected chi connectivity index (χ0v) is 11.4. The fraction of sp³-hybridized carbons (Fsp3) is 0.533. The summed E-state index contributed by atoms with van der Waals surface area (Å²) in [5.41, 5.74) is 6.21. The van der Waals surface area contributed by atoms with Gasteiger partial charge in [-0.05, 0) is 49.3 Å². The normalized spacial score (nSPS) is 26.9. The van der Waals surface area contributed by atoms with Crippen molar-refractivity contribution in [3.8, 4) is 5.75 Å². The van der Waals surface area contributed by atoms with E-state index in [0.29, 0.717) is 23.3 Å². The first-order chi connectivity index (χ1) is 8.95. The molecule has 0 aromatic heterocycles. The second-order valence-electron chi connectivity index (χ2n) is 5.72. The molecule has 1 aromatic carbocycles. The van der Waals surface area contributed by atoms with Gasteiger partial charge in [0.25, 0.3) is 0 Å². The maximum absolute atomic E-state index is 11.2. The fourth-order valence-electron chi connectivity index (χ4n) is 2.97. The van der Waals surface area contributed by atoms with Crippen molar-refractivity contribution in [2.45, 2.75) is 39.2 Å². The lowest BCUT2D eigenvalue weighted by atomic mass is 9.82. The molecule has 4 heteroatoms. The zero-order chi connectivity index (χ0) is 14.0. The highest BCUT2D eigenvalue weighted by Crippen LogP contribution is 2.32. The third-order valence-electron chi connectivity index (χ3n) is 3.66. The van der Waals surface area contributed by atoms with Gasteiger partial charge < -0.3 is 15.6 Å². The van der Waals surface area contributed by atoms with E-state index in [9.17, 15) is 9.90 Å². The van der Waals surface area contributed by atoms with Crippen LogP contribution < -0.4 is 10.5 Å². The van der Waals surface area contributed by atoms with Gasteiger partial charge in [-0.1, -0.05) is 13.8 Å². The Morgan fingerprint density at radius 2 is 1.89 bits per heavy atom. The van der Waals surface area contributed by atoms with Crippen LogP contribution in [0.2, 0.25) is 0 Å². The predicted octanol–water partition coefficient (Wildman–Crippen LogP) is 3.17. The Morgan fingerprint density at radius 3 is 2.47 bits per heavy atom. The standard InChI is InChI=1S/C15H21NO3/c1-9-5-10(2)7-12(6-9)19-14-4-3-11(16)8-13(14)15(17)18/h3-4,8-10,12H,5-7,16H2,1-2H3,(H,17,18). The minimum absolute atomic E-state index is 0.0977. The minimum Gasteiger partial charge on any atom is -0.490 e. The van der Waals surface area contributed by atoms with Crippen LogP contribution in [0.5, 0.6) is 5.75 Å². The number of carbonyl (C=O) groups is 1. The second-order valence-corrected chi connectivity index (χ2v) is 5.72. The van der Waals surface area contributed by atoms with Crippen molar-refractivity contribution in [3.05, 3.63) is 23.8 Å². The molecule has 2 atom stereocenters. The summed E-state index contributed by atoms with van der Waals surface area (Å²) < 4.78 is 5.91. The topological polar surface area (TPSA) is 72.5 Å². The highest BCUT2D eigenvalue weighted by molar-refractivity contribution is 5.92. The van der Waals surface area contributed by atoms with Gasteiger partial charge in [0, 0.05) is 5.69 Å². The van der Waals surface area contributed by atoms with Crippen LogP contribution in [0.1, 0.15) is 43.5 Å². The molecule has 0 saturated heterocycles. The quantitative estimate of drug-likeness (QED) is 0.821. The van der Waals surface area contributed by atoms with Crippen LogP contribution in [-0.2, 0) is 0 Å². The first-order valence-electron chi connectivity index (χ1n) is 6.75. The summed E-state index contributed by atoms with van der Waals surface area (Å²) in [5.74, 6) is 0.666. The summed E-state index contributed by atoms with van der Waals surface area (Å²) >= 11 is 0. The highest BCUT2D eigenvalue weighted by atomic mass is 16.5. The van der Waals surface area contributed by atoms with Crippen molar-refractivity contribution < 1.29 is 14.6 Å². The Kier molecular flexibility index (Phi) is 3.98. The smallest absolute Gasteiger partial charge is 0.339 e. The molecular formula is C15H21NO3. The van der Waals surface area contributed by atoms with E-state index in [0.717, 1.165) is 12.8 Å². The van der Waals surface area contributed by atoms with Crippen molar-refractivity contribution in [2.24, 2.45) is 11.8 Å². The molecule has 3 N–H and O–H groups in total. The van der Waals surface area contributed by atoms with E-state index in [1.807, 2.05) is 0 Å². The van der Waals surface area contributed by atoms with Crippen LogP contribution in [0.25, 0.3) is 0 Å². The lowest BCUT2D eigenvalue weighted by Crippen LogP contribution is -2.29. The van der Waals surface area contributed by atoms with Gasteiger partial charge in [-0.15, -0.1) is 0 Å². The van der Waals surface area contributed by atoms with Gasteiger partial charge in [-0.25, -0.2) is 4.79 Å². The van der Waals surface area contributed by atoms with Crippen LogP contribution in [0.15, 0.2) is 18.2 Å². The van der Waals surface area contributed by atoms with Crippen molar-refractivity contribution in [3.63, 3.8) is 0 Å². The van der Waals surface area contributed by atoms with Gasteiger partial charge in [-0.3, -0.25) is 0 Å². The molecule has 0 amide bonds. The van der Waals surface area contributed by atoms with Gasteiger partial charge in [0.1, 0.15) is 11.3 Å². The number of rotatable bonds is 3. The number of hydrogen-bond donors (Lipinski definition) is 2. The maximum Gasteiger partial charge on any atom is 0.339 e. The summed E-state index contributed by atoms with van der Waals surface area (Å²) in [6.45, 7) is 4.43. The van der Waals surface area contributed by atoms with Crippen LogP contribution >= 0.6 is 0 Å². The molecule has 1 aliphatic carbocycles. The van der Waals surface area contributed by atoms with E-state index in [4.69, 9.17) is 10.5 Å². The average molecular weight is 263 g/mol. The van der Waals surface area contributed by atoms with E-state index >= 15 is 0 Å². The van der Waals surface area contributed by atoms with Crippen molar-refractivity contribution in [1.29, 1.82) is 0 Å². The molecule has 19 heavy (non-hydrogen) atoms. The average Bonchev–Trinajstić information content (AvgIpc) is 2.30. The van der Waals surface area contributed by atoms with Crippen molar-refractivity contribution >= 4 is 11.7 Å². The molecular weight excluding hydrogens is 242 g/mol. The van der Waals surface area contributed by atoms with E-state index in [1.54, 1.807) is 12.1 Å². The first kappa shape index (κ1) is 13.7. The number of ether oxygens (including phenoxy) is 1. The number of benzene rings is 1. The number of carboxylic acids is 1. The van der Waals surface area contributed by atoms with Crippen molar-refractivity contribution in [2.75, 3.05) is 5.73 Å². The summed E-state index contributed by atoms with van der Waals surface area (Å²) in [5, 5.41) is 9.19. The monoisotopic (exact) mass is 263 g/mol. The fourth-order valence-corrected chi connectivity index (χ4v) is 2.97. The maximum atomic E-state index is 11.2. The lowest BCUT2D eigenvalue weighted by Gasteiger charge is -2.32. The van der Waals surface area contributed by atoms with Gasteiger partial charge in [-0.2, -0.15) is 0 Å². The van der Waals surface area contributed by atoms with Gasteiger partial charge >= 0.3 is 5.97 Å². The lowest BCUT2D eigenvalue weighted by molar-refractivity contribution is 0.0676. The molecule has 1 saturated carbocycles. The Labute approximate surface area is 113 Å². The number of hydrogen-bond acceptors (Lipinski definition) is 3. The second kappa shape index (κ2) is 5.51. The summed E-state index contributed by atoms with van der Waals surface area (Å²) in [7, 11) is 0. The third-order valence-corrected chi connectivity index (χ3v) is 3.66. The highest BCUT2D eigenvalue weighted by Gasteiger charge is 2.26. The number of carboxylic acid groups (broad SMARTS) is 1. The van der Waals surface area contributed by atoms with Crippen LogP contribution in [-0.4, -0.2) is 17.2 Å². The van der Waals surface area contributed by atoms with Gasteiger partial charge in [0.2, 0.25) is 0 Å². The molecule has 2 unspecified atom stereocenters. The molecule has 1 fully saturated rings. The number of aromatic carboxylic acids is 1. The van der Waals surface area contributed by atoms with Crippen LogP contribution in [0.3, 0.4) is 0 Å². The van der Waals surface area contributed by atoms with Gasteiger partial charge in [0.05, 0.1) is 6.10 Å². The van der Waals surface area contributed by atoms with Crippen LogP contribution in [0.4, 0.5) is 5.69 Å². The molecule has 0 bridgehead atoms. The van der Waals surface area contributed by atoms with E-state index in [1.165, 1.54) is 12.5 Å². The molecule has 1 aromatic rings. The van der Waals surface area contributed by atoms with E-state index in [2.05, 4.69) is 13.8 Å². The molecule has 0 spiro atoms. The van der Waals surface area contributed by atoms with Crippen molar-refractivity contribution in [1.82, 2.24) is 0 Å². The molecule has 0 aliphatic heterocycles. The molecule has 0 heterocycles. The van der Waals surface area contributed by atoms with Gasteiger partial charge in [0.15, 0.2) is 0 Å². The Balaban J connectivity index is 2.16. The predicted molar refractivity (Wildman–Crippen MR) is 74.4 cm³/mol. The zero-order valence-electron chi connectivity index (χ0n) is 11.4. The molecule has 104 valence electrons. The summed E-state index contributed by atoms with van der Waals surface area (Å²) in [6, 6.07) is 4.79. The first-order valence-corrected chi connectivity index (χ1v) is 6.75. The SMILES string of the molecule is CC1CC(C)CC(Oc2ccc(N)cc2C(=O)O)C1. The largest absolute Gasteiger partial charge is 0.490 e. The molecule has 4 nitrogen and oxygen atoms in total. The third kappa shape index (κ3) is 3.40. The molecule has 1 aliphatic rings. The minimum atomic E-state index is -1.00. The number of nitrogens with two attached hydrogens (primary N) is 1. The number of nitrogen functional groups attached to an aromatic ring is 1. The molecule has 0 radical (unpaired) electrons. The number of anilines is 1. The Bertz CT molecular complexity index is 462. The van der Waals surface area contributed by atoms with E-state index < -0.39 is 5.97 Å². The Morgan fingerprint density at radius 1 is 1.26 bits per heavy atom. The summed E-state index contributed by atoms with van der Waals surface area (Å²) in [6.07, 6.45) is 3.27. The summed E-state index contributed by atoms with van der Waals surface area (Å²) in [4.78, 5) is 11.2.